The van der Waals surface area contributed by atoms with Crippen LogP contribution in [0.2, 0.25) is 10.0 Å². The molecule has 2 aromatic heterocycles. The van der Waals surface area contributed by atoms with Gasteiger partial charge in [-0.3, -0.25) is 0 Å². The molecule has 0 fully saturated rings. The summed E-state index contributed by atoms with van der Waals surface area (Å²) in [4.78, 5) is 9.15. The van der Waals surface area contributed by atoms with Crippen molar-refractivity contribution in [3.05, 3.63) is 46.0 Å². The molecule has 0 N–H and O–H groups in total. The zero-order valence-corrected chi connectivity index (χ0v) is 11.3. The van der Waals surface area contributed by atoms with Crippen LogP contribution in [0.3, 0.4) is 0 Å². The molecule has 1 aromatic carbocycles. The summed E-state index contributed by atoms with van der Waals surface area (Å²) in [6, 6.07) is 6.98. The number of aromatic nitrogens is 2. The van der Waals surface area contributed by atoms with Gasteiger partial charge >= 0.3 is 0 Å². The highest BCUT2D eigenvalue weighted by molar-refractivity contribution is 7.16. The average Bonchev–Trinajstić information content (AvgIpc) is 2.82. The van der Waals surface area contributed by atoms with Gasteiger partial charge in [0.2, 0.25) is 5.88 Å². The summed E-state index contributed by atoms with van der Waals surface area (Å²) in [6.45, 7) is 0. The Balaban J connectivity index is 2.03. The van der Waals surface area contributed by atoms with Crippen LogP contribution in [0.5, 0.6) is 11.6 Å². The van der Waals surface area contributed by atoms with E-state index in [1.165, 1.54) is 17.7 Å². The van der Waals surface area contributed by atoms with Crippen molar-refractivity contribution in [2.24, 2.45) is 0 Å². The van der Waals surface area contributed by atoms with Gasteiger partial charge in [-0.25, -0.2) is 9.97 Å². The fourth-order valence-corrected chi connectivity index (χ4v) is 2.68. The molecule has 0 amide bonds. The zero-order valence-electron chi connectivity index (χ0n) is 8.93. The van der Waals surface area contributed by atoms with E-state index in [0.29, 0.717) is 21.7 Å². The minimum atomic E-state index is 0.449. The van der Waals surface area contributed by atoms with Crippen LogP contribution in [-0.2, 0) is 0 Å². The summed E-state index contributed by atoms with van der Waals surface area (Å²) in [5.41, 5.74) is 0. The highest BCUT2D eigenvalue weighted by Crippen LogP contribution is 2.34. The van der Waals surface area contributed by atoms with Crippen molar-refractivity contribution in [1.29, 1.82) is 0 Å². The third kappa shape index (κ3) is 2.14. The maximum atomic E-state index is 6.05. The molecule has 0 radical (unpaired) electrons. The molecule has 0 saturated heterocycles. The lowest BCUT2D eigenvalue weighted by Gasteiger charge is -2.07. The Morgan fingerprint density at radius 1 is 1.11 bits per heavy atom. The molecule has 3 rings (SSSR count). The van der Waals surface area contributed by atoms with Crippen LogP contribution in [0.1, 0.15) is 0 Å². The van der Waals surface area contributed by atoms with Crippen molar-refractivity contribution in [2.75, 3.05) is 0 Å². The number of thiophene rings is 1. The van der Waals surface area contributed by atoms with Gasteiger partial charge in [0.1, 0.15) is 16.9 Å². The third-order valence-corrected chi connectivity index (χ3v) is 3.68. The molecule has 3 nitrogen and oxygen atoms in total. The fourth-order valence-electron chi connectivity index (χ4n) is 1.51. The molecule has 0 aliphatic heterocycles. The zero-order chi connectivity index (χ0) is 12.5. The predicted octanol–water partition coefficient (Wildman–Crippen LogP) is 4.79. The number of nitrogens with zero attached hydrogens (tertiary/aromatic N) is 2. The molecule has 0 aliphatic carbocycles. The standard InChI is InChI=1S/C12H6Cl2N2OS/c13-7-1-2-10(9(14)5-7)17-11-8-3-4-18-12(8)16-6-15-11/h1-6H. The van der Waals surface area contributed by atoms with E-state index >= 15 is 0 Å². The summed E-state index contributed by atoms with van der Waals surface area (Å²) in [7, 11) is 0. The van der Waals surface area contributed by atoms with Crippen LogP contribution in [0, 0.1) is 0 Å². The number of hydrogen-bond acceptors (Lipinski definition) is 4. The second-order valence-electron chi connectivity index (χ2n) is 3.50. The van der Waals surface area contributed by atoms with Crippen molar-refractivity contribution in [3.63, 3.8) is 0 Å². The van der Waals surface area contributed by atoms with Crippen LogP contribution in [-0.4, -0.2) is 9.97 Å². The second kappa shape index (κ2) is 4.72. The van der Waals surface area contributed by atoms with E-state index in [4.69, 9.17) is 27.9 Å². The van der Waals surface area contributed by atoms with Crippen molar-refractivity contribution in [3.8, 4) is 11.6 Å². The van der Waals surface area contributed by atoms with Gasteiger partial charge in [0, 0.05) is 5.02 Å². The smallest absolute Gasteiger partial charge is 0.231 e. The predicted molar refractivity (Wildman–Crippen MR) is 74.0 cm³/mol. The molecule has 3 aromatic rings. The van der Waals surface area contributed by atoms with Gasteiger partial charge in [-0.2, -0.15) is 0 Å². The SMILES string of the molecule is Clc1ccc(Oc2ncnc3sccc23)c(Cl)c1. The lowest BCUT2D eigenvalue weighted by molar-refractivity contribution is 0.468. The Bertz CT molecular complexity index is 714. The first-order chi connectivity index (χ1) is 8.74. The normalized spacial score (nSPS) is 10.8. The summed E-state index contributed by atoms with van der Waals surface area (Å²) in [5, 5.41) is 3.82. The Hall–Kier alpha value is -1.36. The van der Waals surface area contributed by atoms with Gasteiger partial charge in [-0.15, -0.1) is 11.3 Å². The van der Waals surface area contributed by atoms with Crippen LogP contribution in [0.15, 0.2) is 36.0 Å². The van der Waals surface area contributed by atoms with Gasteiger partial charge in [0.25, 0.3) is 0 Å². The first kappa shape index (κ1) is 11.7. The van der Waals surface area contributed by atoms with Crippen molar-refractivity contribution >= 4 is 44.8 Å². The number of rotatable bonds is 2. The van der Waals surface area contributed by atoms with E-state index < -0.39 is 0 Å². The summed E-state index contributed by atoms with van der Waals surface area (Å²) in [5.74, 6) is 1.01. The number of ether oxygens (including phenoxy) is 1. The van der Waals surface area contributed by atoms with Gasteiger partial charge in [0.15, 0.2) is 0 Å². The molecule has 18 heavy (non-hydrogen) atoms. The summed E-state index contributed by atoms with van der Waals surface area (Å²) < 4.78 is 5.70. The second-order valence-corrected chi connectivity index (χ2v) is 5.23. The fraction of sp³-hybridized carbons (Fsp3) is 0. The van der Waals surface area contributed by atoms with E-state index in [1.807, 2.05) is 11.4 Å². The van der Waals surface area contributed by atoms with Crippen LogP contribution in [0.25, 0.3) is 10.2 Å². The first-order valence-electron chi connectivity index (χ1n) is 5.05. The molecule has 0 atom stereocenters. The largest absolute Gasteiger partial charge is 0.437 e. The first-order valence-corrected chi connectivity index (χ1v) is 6.69. The van der Waals surface area contributed by atoms with E-state index in [1.54, 1.807) is 18.2 Å². The summed E-state index contributed by atoms with van der Waals surface area (Å²) >= 11 is 13.4. The maximum absolute atomic E-state index is 6.05. The molecule has 0 saturated carbocycles. The Labute approximate surface area is 117 Å². The van der Waals surface area contributed by atoms with Gasteiger partial charge < -0.3 is 4.74 Å². The molecule has 0 unspecified atom stereocenters. The average molecular weight is 297 g/mol. The minimum Gasteiger partial charge on any atom is -0.437 e. The van der Waals surface area contributed by atoms with Gasteiger partial charge in [-0.05, 0) is 29.6 Å². The molecule has 0 bridgehead atoms. The number of halogens is 2. The molecule has 6 heteroatoms. The lowest BCUT2D eigenvalue weighted by Crippen LogP contribution is -1.90. The topological polar surface area (TPSA) is 35.0 Å². The van der Waals surface area contributed by atoms with E-state index in [0.717, 1.165) is 10.2 Å². The number of fused-ring (bicyclic) bond motifs is 1. The van der Waals surface area contributed by atoms with Gasteiger partial charge in [0.05, 0.1) is 10.4 Å². The van der Waals surface area contributed by atoms with E-state index in [9.17, 15) is 0 Å². The van der Waals surface area contributed by atoms with Gasteiger partial charge in [-0.1, -0.05) is 23.2 Å². The molecule has 90 valence electrons. The van der Waals surface area contributed by atoms with Crippen LogP contribution >= 0.6 is 34.5 Å². The number of hydrogen-bond donors (Lipinski definition) is 0. The quantitative estimate of drug-likeness (QED) is 0.682. The van der Waals surface area contributed by atoms with Crippen LogP contribution < -0.4 is 4.74 Å². The van der Waals surface area contributed by atoms with Crippen molar-refractivity contribution in [2.45, 2.75) is 0 Å². The monoisotopic (exact) mass is 296 g/mol. The Morgan fingerprint density at radius 3 is 2.83 bits per heavy atom. The van der Waals surface area contributed by atoms with E-state index in [2.05, 4.69) is 9.97 Å². The van der Waals surface area contributed by atoms with Crippen molar-refractivity contribution < 1.29 is 4.74 Å². The molecule has 0 spiro atoms. The number of benzene rings is 1. The maximum Gasteiger partial charge on any atom is 0.231 e. The lowest BCUT2D eigenvalue weighted by atomic mass is 10.3. The van der Waals surface area contributed by atoms with Crippen LogP contribution in [0.4, 0.5) is 0 Å². The molecular formula is C12H6Cl2N2OS. The highest BCUT2D eigenvalue weighted by atomic mass is 35.5. The summed E-state index contributed by atoms with van der Waals surface area (Å²) in [6.07, 6.45) is 1.47. The Kier molecular flexibility index (Phi) is 3.07. The molecule has 0 aliphatic rings. The van der Waals surface area contributed by atoms with E-state index in [-0.39, 0.29) is 0 Å². The minimum absolute atomic E-state index is 0.449. The third-order valence-electron chi connectivity index (χ3n) is 2.33. The molecular weight excluding hydrogens is 291 g/mol. The van der Waals surface area contributed by atoms with Crippen molar-refractivity contribution in [1.82, 2.24) is 9.97 Å². The molecule has 2 heterocycles. The Morgan fingerprint density at radius 2 is 2.00 bits per heavy atom. The highest BCUT2D eigenvalue weighted by Gasteiger charge is 2.09.